The summed E-state index contributed by atoms with van der Waals surface area (Å²) in [5, 5.41) is 0. The largest absolute Gasteiger partial charge is 0.497 e. The maximum Gasteiger partial charge on any atom is 0.320 e. The van der Waals surface area contributed by atoms with Gasteiger partial charge >= 0.3 is 6.03 Å². The Bertz CT molecular complexity index is 772. The standard InChI is InChI=1S/C19H25N5O2/c1-21-8-7-20-18(21)14-22-9-10-24-16(12-22)13-23(19(24)25)11-15-3-5-17(26-2)6-4-15/h3-8,16H,9-14H2,1-2H3. The molecule has 2 aliphatic heterocycles. The van der Waals surface area contributed by atoms with E-state index < -0.39 is 0 Å². The average molecular weight is 355 g/mol. The number of fused-ring (bicyclic) bond motifs is 1. The van der Waals surface area contributed by atoms with Crippen molar-refractivity contribution in [3.63, 3.8) is 0 Å². The molecule has 0 bridgehead atoms. The number of carbonyl (C=O) groups is 1. The topological polar surface area (TPSA) is 53.8 Å². The number of carbonyl (C=O) groups excluding carboxylic acids is 1. The lowest BCUT2D eigenvalue weighted by Gasteiger charge is -2.36. The summed E-state index contributed by atoms with van der Waals surface area (Å²) in [6.07, 6.45) is 3.81. The minimum atomic E-state index is 0.155. The Morgan fingerprint density at radius 2 is 1.96 bits per heavy atom. The molecule has 4 rings (SSSR count). The lowest BCUT2D eigenvalue weighted by molar-refractivity contribution is 0.114. The van der Waals surface area contributed by atoms with Crippen LogP contribution < -0.4 is 4.74 Å². The molecule has 1 atom stereocenters. The zero-order chi connectivity index (χ0) is 18.1. The third-order valence-corrected chi connectivity index (χ3v) is 5.33. The van der Waals surface area contributed by atoms with Crippen LogP contribution >= 0.6 is 0 Å². The number of urea groups is 1. The number of hydrogen-bond acceptors (Lipinski definition) is 4. The number of amides is 2. The van der Waals surface area contributed by atoms with Crippen LogP contribution in [0.25, 0.3) is 0 Å². The van der Waals surface area contributed by atoms with Crippen molar-refractivity contribution in [2.24, 2.45) is 7.05 Å². The fourth-order valence-electron chi connectivity index (χ4n) is 3.82. The lowest BCUT2D eigenvalue weighted by atomic mass is 10.2. The van der Waals surface area contributed by atoms with Crippen molar-refractivity contribution in [2.45, 2.75) is 19.1 Å². The highest BCUT2D eigenvalue weighted by Gasteiger charge is 2.40. The van der Waals surface area contributed by atoms with Crippen LogP contribution in [0.4, 0.5) is 4.79 Å². The molecule has 2 aromatic rings. The van der Waals surface area contributed by atoms with Gasteiger partial charge in [0.25, 0.3) is 0 Å². The molecule has 2 amide bonds. The molecule has 1 unspecified atom stereocenters. The van der Waals surface area contributed by atoms with Crippen molar-refractivity contribution in [1.29, 1.82) is 0 Å². The van der Waals surface area contributed by atoms with E-state index in [2.05, 4.69) is 14.5 Å². The van der Waals surface area contributed by atoms with Crippen molar-refractivity contribution < 1.29 is 9.53 Å². The number of hydrogen-bond donors (Lipinski definition) is 0. The van der Waals surface area contributed by atoms with E-state index >= 15 is 0 Å². The molecule has 0 spiro atoms. The third-order valence-electron chi connectivity index (χ3n) is 5.33. The molecule has 0 radical (unpaired) electrons. The van der Waals surface area contributed by atoms with Crippen LogP contribution in [0, 0.1) is 0 Å². The van der Waals surface area contributed by atoms with E-state index in [4.69, 9.17) is 4.74 Å². The number of benzene rings is 1. The number of piperazine rings is 1. The Hall–Kier alpha value is -2.54. The molecule has 3 heterocycles. The van der Waals surface area contributed by atoms with E-state index in [1.54, 1.807) is 7.11 Å². The van der Waals surface area contributed by atoms with Crippen LogP contribution in [0.15, 0.2) is 36.7 Å². The molecule has 0 saturated carbocycles. The number of aromatic nitrogens is 2. The first kappa shape index (κ1) is 16.9. The molecule has 138 valence electrons. The first-order valence-electron chi connectivity index (χ1n) is 9.01. The van der Waals surface area contributed by atoms with Gasteiger partial charge in [0.2, 0.25) is 0 Å². The van der Waals surface area contributed by atoms with Crippen molar-refractivity contribution in [2.75, 3.05) is 33.3 Å². The third kappa shape index (κ3) is 3.26. The summed E-state index contributed by atoms with van der Waals surface area (Å²) in [5.74, 6) is 1.90. The molecule has 2 saturated heterocycles. The molecule has 7 nitrogen and oxygen atoms in total. The smallest absolute Gasteiger partial charge is 0.320 e. The van der Waals surface area contributed by atoms with Gasteiger partial charge in [0.1, 0.15) is 11.6 Å². The summed E-state index contributed by atoms with van der Waals surface area (Å²) in [4.78, 5) is 23.5. The van der Waals surface area contributed by atoms with Crippen LogP contribution in [-0.2, 0) is 20.1 Å². The van der Waals surface area contributed by atoms with Crippen molar-refractivity contribution >= 4 is 6.03 Å². The first-order valence-corrected chi connectivity index (χ1v) is 9.01. The summed E-state index contributed by atoms with van der Waals surface area (Å²) in [6.45, 7) is 4.84. The van der Waals surface area contributed by atoms with Crippen molar-refractivity contribution in [3.8, 4) is 5.75 Å². The molecule has 26 heavy (non-hydrogen) atoms. The van der Waals surface area contributed by atoms with E-state index in [-0.39, 0.29) is 12.1 Å². The molecular formula is C19H25N5O2. The van der Waals surface area contributed by atoms with E-state index in [9.17, 15) is 4.79 Å². The molecule has 7 heteroatoms. The van der Waals surface area contributed by atoms with E-state index in [1.807, 2.05) is 53.5 Å². The monoisotopic (exact) mass is 355 g/mol. The average Bonchev–Trinajstić information content (AvgIpc) is 3.19. The molecule has 1 aromatic carbocycles. The van der Waals surface area contributed by atoms with Crippen LogP contribution in [0.2, 0.25) is 0 Å². The number of methoxy groups -OCH3 is 1. The van der Waals surface area contributed by atoms with Gasteiger partial charge in [-0.1, -0.05) is 12.1 Å². The van der Waals surface area contributed by atoms with Crippen LogP contribution in [-0.4, -0.2) is 69.6 Å². The molecule has 2 fully saturated rings. The van der Waals surface area contributed by atoms with Gasteiger partial charge in [-0.2, -0.15) is 0 Å². The summed E-state index contributed by atoms with van der Waals surface area (Å²) in [7, 11) is 3.68. The molecule has 1 aromatic heterocycles. The van der Waals surface area contributed by atoms with Gasteiger partial charge < -0.3 is 19.1 Å². The Balaban J connectivity index is 1.38. The molecule has 2 aliphatic rings. The number of imidazole rings is 1. The van der Waals surface area contributed by atoms with Crippen LogP contribution in [0.3, 0.4) is 0 Å². The number of rotatable bonds is 5. The number of aryl methyl sites for hydroxylation is 1. The van der Waals surface area contributed by atoms with Crippen molar-refractivity contribution in [1.82, 2.24) is 24.3 Å². The lowest BCUT2D eigenvalue weighted by Crippen LogP contribution is -2.51. The second-order valence-corrected chi connectivity index (χ2v) is 7.05. The van der Waals surface area contributed by atoms with Gasteiger partial charge in [-0.25, -0.2) is 9.78 Å². The maximum absolute atomic E-state index is 12.7. The fourth-order valence-corrected chi connectivity index (χ4v) is 3.82. The van der Waals surface area contributed by atoms with Gasteiger partial charge in [0.15, 0.2) is 0 Å². The zero-order valence-electron chi connectivity index (χ0n) is 15.3. The normalized spacial score (nSPS) is 20.5. The van der Waals surface area contributed by atoms with Gasteiger partial charge in [-0.15, -0.1) is 0 Å². The van der Waals surface area contributed by atoms with E-state index in [0.29, 0.717) is 6.54 Å². The Morgan fingerprint density at radius 1 is 1.15 bits per heavy atom. The van der Waals surface area contributed by atoms with Crippen molar-refractivity contribution in [3.05, 3.63) is 48.0 Å². The van der Waals surface area contributed by atoms with Gasteiger partial charge in [0.05, 0.1) is 19.7 Å². The SMILES string of the molecule is COc1ccc(CN2CC3CN(Cc4nccn4C)CCN3C2=O)cc1. The number of nitrogens with zero attached hydrogens (tertiary/aromatic N) is 5. The quantitative estimate of drug-likeness (QED) is 0.817. The molecule has 0 aliphatic carbocycles. The minimum absolute atomic E-state index is 0.155. The van der Waals surface area contributed by atoms with Gasteiger partial charge in [-0.3, -0.25) is 4.90 Å². The highest BCUT2D eigenvalue weighted by Crippen LogP contribution is 2.23. The zero-order valence-corrected chi connectivity index (χ0v) is 15.3. The second kappa shape index (κ2) is 6.99. The summed E-state index contributed by atoms with van der Waals surface area (Å²) in [5.41, 5.74) is 1.13. The van der Waals surface area contributed by atoms with Gasteiger partial charge in [0, 0.05) is 52.2 Å². The predicted molar refractivity (Wildman–Crippen MR) is 97.8 cm³/mol. The molecular weight excluding hydrogens is 330 g/mol. The van der Waals surface area contributed by atoms with E-state index in [0.717, 1.165) is 49.9 Å². The minimum Gasteiger partial charge on any atom is -0.497 e. The highest BCUT2D eigenvalue weighted by atomic mass is 16.5. The summed E-state index contributed by atoms with van der Waals surface area (Å²) in [6, 6.07) is 8.35. The summed E-state index contributed by atoms with van der Waals surface area (Å²) >= 11 is 0. The summed E-state index contributed by atoms with van der Waals surface area (Å²) < 4.78 is 7.26. The van der Waals surface area contributed by atoms with Crippen LogP contribution in [0.5, 0.6) is 5.75 Å². The predicted octanol–water partition coefficient (Wildman–Crippen LogP) is 1.55. The highest BCUT2D eigenvalue weighted by molar-refractivity contribution is 5.77. The Morgan fingerprint density at radius 3 is 2.65 bits per heavy atom. The van der Waals surface area contributed by atoms with E-state index in [1.165, 1.54) is 0 Å². The molecule has 0 N–H and O–H groups in total. The Labute approximate surface area is 153 Å². The van der Waals surface area contributed by atoms with Crippen LogP contribution in [0.1, 0.15) is 11.4 Å². The Kier molecular flexibility index (Phi) is 4.55. The maximum atomic E-state index is 12.7. The first-order chi connectivity index (χ1) is 12.6. The second-order valence-electron chi connectivity index (χ2n) is 7.05. The number of ether oxygens (including phenoxy) is 1. The fraction of sp³-hybridized carbons (Fsp3) is 0.474. The van der Waals surface area contributed by atoms with Gasteiger partial charge in [-0.05, 0) is 17.7 Å².